The fraction of sp³-hybridized carbons (Fsp3) is 0.286. The third kappa shape index (κ3) is 2.94. The molecule has 0 saturated heterocycles. The minimum absolute atomic E-state index is 0.986. The lowest BCUT2D eigenvalue weighted by Gasteiger charge is -2.05. The van der Waals surface area contributed by atoms with E-state index in [4.69, 9.17) is 4.99 Å². The summed E-state index contributed by atoms with van der Waals surface area (Å²) >= 11 is 0. The van der Waals surface area contributed by atoms with Crippen LogP contribution in [0.5, 0.6) is 0 Å². The fourth-order valence-electron chi connectivity index (χ4n) is 3.32. The molecule has 1 aliphatic heterocycles. The monoisotopic (exact) mass is 319 g/mol. The van der Waals surface area contributed by atoms with Crippen LogP contribution in [0.25, 0.3) is 11.6 Å². The maximum Gasteiger partial charge on any atom is 0.0875 e. The molecule has 3 rings (SSSR count). The number of aliphatic imine (C=N–C) groups is 1. The van der Waals surface area contributed by atoms with Gasteiger partial charge in [0.15, 0.2) is 0 Å². The molecule has 24 heavy (non-hydrogen) atoms. The molecule has 0 saturated carbocycles. The number of rotatable bonds is 5. The Morgan fingerprint density at radius 2 is 2.08 bits per heavy atom. The Kier molecular flexibility index (Phi) is 4.43. The first-order chi connectivity index (χ1) is 11.5. The molecule has 2 aromatic rings. The number of allylic oxidation sites excluding steroid dienone is 3. The van der Waals surface area contributed by atoms with Crippen LogP contribution in [-0.2, 0) is 0 Å². The van der Waals surface area contributed by atoms with Crippen molar-refractivity contribution in [1.82, 2.24) is 9.97 Å². The fourth-order valence-corrected chi connectivity index (χ4v) is 3.32. The van der Waals surface area contributed by atoms with Gasteiger partial charge in [0.2, 0.25) is 0 Å². The van der Waals surface area contributed by atoms with Crippen molar-refractivity contribution in [3.05, 3.63) is 70.5 Å². The molecule has 0 bridgehead atoms. The van der Waals surface area contributed by atoms with E-state index >= 15 is 0 Å². The first kappa shape index (κ1) is 16.3. The lowest BCUT2D eigenvalue weighted by Crippen LogP contribution is -1.92. The Labute approximate surface area is 143 Å². The summed E-state index contributed by atoms with van der Waals surface area (Å²) in [5.41, 5.74) is 10.3. The topological polar surface area (TPSA) is 43.9 Å². The quantitative estimate of drug-likeness (QED) is 0.724. The molecule has 0 aliphatic carbocycles. The lowest BCUT2D eigenvalue weighted by molar-refractivity contribution is 0.972. The molecule has 3 heteroatoms. The molecule has 0 fully saturated rings. The summed E-state index contributed by atoms with van der Waals surface area (Å²) < 4.78 is 0. The van der Waals surface area contributed by atoms with E-state index in [-0.39, 0.29) is 0 Å². The van der Waals surface area contributed by atoms with Gasteiger partial charge in [0.1, 0.15) is 0 Å². The van der Waals surface area contributed by atoms with Crippen LogP contribution in [0.2, 0.25) is 0 Å². The molecule has 0 aromatic carbocycles. The van der Waals surface area contributed by atoms with Crippen LogP contribution in [0.4, 0.5) is 0 Å². The Morgan fingerprint density at radius 3 is 2.75 bits per heavy atom. The Bertz CT molecular complexity index is 855. The molecule has 2 N–H and O–H groups in total. The van der Waals surface area contributed by atoms with Gasteiger partial charge in [-0.25, -0.2) is 4.99 Å². The van der Waals surface area contributed by atoms with E-state index in [1.54, 1.807) is 0 Å². The summed E-state index contributed by atoms with van der Waals surface area (Å²) in [6.07, 6.45) is 8.34. The predicted octanol–water partition coefficient (Wildman–Crippen LogP) is 5.56. The van der Waals surface area contributed by atoms with Crippen molar-refractivity contribution in [2.75, 3.05) is 0 Å². The highest BCUT2D eigenvalue weighted by Gasteiger charge is 2.16. The Morgan fingerprint density at radius 1 is 1.29 bits per heavy atom. The van der Waals surface area contributed by atoms with E-state index in [0.29, 0.717) is 0 Å². The third-order valence-electron chi connectivity index (χ3n) is 4.53. The molecule has 0 spiro atoms. The molecule has 1 aliphatic rings. The predicted molar refractivity (Wildman–Crippen MR) is 103 cm³/mol. The van der Waals surface area contributed by atoms with Crippen LogP contribution in [0.1, 0.15) is 54.9 Å². The van der Waals surface area contributed by atoms with Crippen molar-refractivity contribution in [3.63, 3.8) is 0 Å². The van der Waals surface area contributed by atoms with Gasteiger partial charge in [0.25, 0.3) is 0 Å². The maximum absolute atomic E-state index is 4.78. The number of aromatic nitrogens is 2. The van der Waals surface area contributed by atoms with Crippen molar-refractivity contribution in [2.24, 2.45) is 4.99 Å². The summed E-state index contributed by atoms with van der Waals surface area (Å²) in [7, 11) is 0. The van der Waals surface area contributed by atoms with Gasteiger partial charge in [-0.05, 0) is 68.2 Å². The number of nitrogens with zero attached hydrogens (tertiary/aromatic N) is 1. The Hall–Kier alpha value is -2.55. The van der Waals surface area contributed by atoms with Crippen LogP contribution in [-0.4, -0.2) is 15.7 Å². The molecule has 2 aromatic heterocycles. The average molecular weight is 319 g/mol. The minimum atomic E-state index is 0.986. The van der Waals surface area contributed by atoms with Crippen molar-refractivity contribution >= 4 is 17.4 Å². The van der Waals surface area contributed by atoms with Crippen molar-refractivity contribution in [1.29, 1.82) is 0 Å². The lowest BCUT2D eigenvalue weighted by atomic mass is 9.99. The molecule has 124 valence electrons. The number of hydrogen-bond donors (Lipinski definition) is 2. The highest BCUT2D eigenvalue weighted by molar-refractivity contribution is 6.11. The van der Waals surface area contributed by atoms with E-state index in [2.05, 4.69) is 56.4 Å². The van der Waals surface area contributed by atoms with Gasteiger partial charge in [-0.2, -0.15) is 0 Å². The van der Waals surface area contributed by atoms with Crippen LogP contribution < -0.4 is 0 Å². The average Bonchev–Trinajstić information content (AvgIpc) is 3.22. The SMILES string of the molecule is C=C(CCC)c1c(C)[nH]c(/C=C2\N=C(c3ccc[nH]3)C=C2C)c1C. The zero-order valence-corrected chi connectivity index (χ0v) is 15.0. The number of aryl methyl sites for hydroxylation is 1. The van der Waals surface area contributed by atoms with E-state index < -0.39 is 0 Å². The van der Waals surface area contributed by atoms with Gasteiger partial charge >= 0.3 is 0 Å². The first-order valence-corrected chi connectivity index (χ1v) is 8.51. The summed E-state index contributed by atoms with van der Waals surface area (Å²) in [6.45, 7) is 12.8. The number of hydrogen-bond acceptors (Lipinski definition) is 1. The molecule has 3 nitrogen and oxygen atoms in total. The second kappa shape index (κ2) is 6.52. The Balaban J connectivity index is 1.97. The molecule has 0 radical (unpaired) electrons. The maximum atomic E-state index is 4.78. The summed E-state index contributed by atoms with van der Waals surface area (Å²) in [4.78, 5) is 11.5. The highest BCUT2D eigenvalue weighted by Crippen LogP contribution is 2.30. The van der Waals surface area contributed by atoms with Crippen LogP contribution in [0, 0.1) is 13.8 Å². The zero-order valence-electron chi connectivity index (χ0n) is 15.0. The van der Waals surface area contributed by atoms with Crippen LogP contribution in [0.3, 0.4) is 0 Å². The van der Waals surface area contributed by atoms with E-state index in [9.17, 15) is 0 Å². The van der Waals surface area contributed by atoms with Crippen molar-refractivity contribution < 1.29 is 0 Å². The van der Waals surface area contributed by atoms with Gasteiger partial charge in [0, 0.05) is 23.1 Å². The normalized spacial score (nSPS) is 15.8. The zero-order chi connectivity index (χ0) is 17.3. The van der Waals surface area contributed by atoms with Gasteiger partial charge < -0.3 is 9.97 Å². The molecule has 0 amide bonds. The van der Waals surface area contributed by atoms with Gasteiger partial charge in [0.05, 0.1) is 17.1 Å². The molecular formula is C21H25N3. The van der Waals surface area contributed by atoms with Crippen molar-refractivity contribution in [3.8, 4) is 0 Å². The van der Waals surface area contributed by atoms with Crippen LogP contribution >= 0.6 is 0 Å². The van der Waals surface area contributed by atoms with Gasteiger partial charge in [-0.1, -0.05) is 19.9 Å². The first-order valence-electron chi connectivity index (χ1n) is 8.51. The van der Waals surface area contributed by atoms with E-state index in [1.165, 1.54) is 28.0 Å². The van der Waals surface area contributed by atoms with E-state index in [1.807, 2.05) is 18.3 Å². The standard InChI is InChI=1S/C21H25N3/c1-6-8-13(2)21-15(4)19(23-16(21)5)12-18-14(3)11-20(24-18)17-9-7-10-22-17/h7,9-12,22-23H,2,6,8H2,1,3-5H3/b18-12-. The summed E-state index contributed by atoms with van der Waals surface area (Å²) in [5.74, 6) is 0. The second-order valence-electron chi connectivity index (χ2n) is 6.45. The summed E-state index contributed by atoms with van der Waals surface area (Å²) in [5, 5.41) is 0. The highest BCUT2D eigenvalue weighted by atomic mass is 14.8. The van der Waals surface area contributed by atoms with Crippen LogP contribution in [0.15, 0.2) is 47.2 Å². The smallest absolute Gasteiger partial charge is 0.0875 e. The molecular weight excluding hydrogens is 294 g/mol. The number of aromatic amines is 2. The molecule has 0 unspecified atom stereocenters. The largest absolute Gasteiger partial charge is 0.360 e. The number of nitrogens with one attached hydrogen (secondary N) is 2. The van der Waals surface area contributed by atoms with E-state index in [0.717, 1.165) is 35.6 Å². The second-order valence-corrected chi connectivity index (χ2v) is 6.45. The molecule has 3 heterocycles. The van der Waals surface area contributed by atoms with Gasteiger partial charge in [-0.3, -0.25) is 0 Å². The van der Waals surface area contributed by atoms with Gasteiger partial charge in [-0.15, -0.1) is 0 Å². The number of H-pyrrole nitrogens is 2. The van der Waals surface area contributed by atoms with Crippen molar-refractivity contribution in [2.45, 2.75) is 40.5 Å². The molecule has 0 atom stereocenters. The third-order valence-corrected chi connectivity index (χ3v) is 4.53. The minimum Gasteiger partial charge on any atom is -0.360 e. The summed E-state index contributed by atoms with van der Waals surface area (Å²) in [6, 6.07) is 4.04.